The number of anilines is 1. The highest BCUT2D eigenvalue weighted by molar-refractivity contribution is 5.71. The summed E-state index contributed by atoms with van der Waals surface area (Å²) in [7, 11) is 5.10. The van der Waals surface area contributed by atoms with Gasteiger partial charge in [-0.3, -0.25) is 4.68 Å². The normalized spacial score (nSPS) is 10.9. The van der Waals surface area contributed by atoms with Crippen molar-refractivity contribution in [3.63, 3.8) is 0 Å². The molecule has 1 aromatic heterocycles. The molecule has 0 unspecified atom stereocenters. The molecule has 0 amide bonds. The van der Waals surface area contributed by atoms with E-state index >= 15 is 0 Å². The molecule has 0 saturated heterocycles. The van der Waals surface area contributed by atoms with Gasteiger partial charge >= 0.3 is 0 Å². The predicted molar refractivity (Wildman–Crippen MR) is 80.2 cm³/mol. The molecule has 0 saturated carbocycles. The van der Waals surface area contributed by atoms with E-state index in [1.54, 1.807) is 18.9 Å². The van der Waals surface area contributed by atoms with Crippen LogP contribution in [0.2, 0.25) is 0 Å². The van der Waals surface area contributed by atoms with E-state index in [1.807, 2.05) is 25.2 Å². The van der Waals surface area contributed by atoms with E-state index in [1.165, 1.54) is 0 Å². The molecule has 0 atom stereocenters. The molecule has 0 aliphatic rings. The SMILES string of the molecule is COc1cc(-c2cc(N)n(C)n2)c(C(C)C)cc1OC. The van der Waals surface area contributed by atoms with Crippen molar-refractivity contribution < 1.29 is 9.47 Å². The lowest BCUT2D eigenvalue weighted by Crippen LogP contribution is -1.99. The van der Waals surface area contributed by atoms with Gasteiger partial charge in [0.1, 0.15) is 5.82 Å². The summed E-state index contributed by atoms with van der Waals surface area (Å²) in [5.74, 6) is 2.39. The third-order valence-corrected chi connectivity index (χ3v) is 3.37. The lowest BCUT2D eigenvalue weighted by atomic mass is 9.94. The molecule has 1 aromatic carbocycles. The van der Waals surface area contributed by atoms with Crippen molar-refractivity contribution in [1.82, 2.24) is 9.78 Å². The number of nitrogens with zero attached hydrogens (tertiary/aromatic N) is 2. The van der Waals surface area contributed by atoms with E-state index < -0.39 is 0 Å². The molecule has 20 heavy (non-hydrogen) atoms. The second-order valence-corrected chi connectivity index (χ2v) is 5.03. The molecule has 0 bridgehead atoms. The number of nitrogens with two attached hydrogens (primary N) is 1. The highest BCUT2D eigenvalue weighted by Gasteiger charge is 2.17. The zero-order valence-corrected chi connectivity index (χ0v) is 12.6. The van der Waals surface area contributed by atoms with Crippen LogP contribution in [0, 0.1) is 0 Å². The van der Waals surface area contributed by atoms with Crippen LogP contribution >= 0.6 is 0 Å². The molecule has 2 aromatic rings. The molecule has 0 spiro atoms. The number of rotatable bonds is 4. The first-order valence-electron chi connectivity index (χ1n) is 6.53. The van der Waals surface area contributed by atoms with Crippen LogP contribution in [0.5, 0.6) is 11.5 Å². The van der Waals surface area contributed by atoms with Crippen LogP contribution in [-0.4, -0.2) is 24.0 Å². The first-order chi connectivity index (χ1) is 9.47. The molecular weight excluding hydrogens is 254 g/mol. The van der Waals surface area contributed by atoms with Gasteiger partial charge in [-0.2, -0.15) is 5.10 Å². The van der Waals surface area contributed by atoms with Gasteiger partial charge in [-0.25, -0.2) is 0 Å². The van der Waals surface area contributed by atoms with Crippen LogP contribution in [0.1, 0.15) is 25.3 Å². The van der Waals surface area contributed by atoms with E-state index in [9.17, 15) is 0 Å². The second-order valence-electron chi connectivity index (χ2n) is 5.03. The molecule has 2 rings (SSSR count). The minimum atomic E-state index is 0.341. The molecule has 0 radical (unpaired) electrons. The van der Waals surface area contributed by atoms with Crippen molar-refractivity contribution in [1.29, 1.82) is 0 Å². The average Bonchev–Trinajstić information content (AvgIpc) is 2.76. The topological polar surface area (TPSA) is 62.3 Å². The van der Waals surface area contributed by atoms with E-state index in [0.29, 0.717) is 17.5 Å². The first-order valence-corrected chi connectivity index (χ1v) is 6.53. The largest absolute Gasteiger partial charge is 0.493 e. The second kappa shape index (κ2) is 5.45. The fraction of sp³-hybridized carbons (Fsp3) is 0.400. The summed E-state index contributed by atoms with van der Waals surface area (Å²) in [5, 5.41) is 4.45. The number of methoxy groups -OCH3 is 2. The van der Waals surface area contributed by atoms with Gasteiger partial charge in [0.2, 0.25) is 0 Å². The Balaban J connectivity index is 2.66. The average molecular weight is 275 g/mol. The quantitative estimate of drug-likeness (QED) is 0.932. The maximum absolute atomic E-state index is 5.88. The smallest absolute Gasteiger partial charge is 0.161 e. The van der Waals surface area contributed by atoms with Crippen molar-refractivity contribution in [3.8, 4) is 22.8 Å². The zero-order valence-electron chi connectivity index (χ0n) is 12.6. The third kappa shape index (κ3) is 2.43. The Bertz CT molecular complexity index is 598. The number of benzene rings is 1. The number of hydrogen-bond donors (Lipinski definition) is 1. The Kier molecular flexibility index (Phi) is 3.88. The Labute approximate surface area is 119 Å². The Morgan fingerprint density at radius 1 is 1.10 bits per heavy atom. The van der Waals surface area contributed by atoms with Gasteiger partial charge in [0.05, 0.1) is 19.9 Å². The lowest BCUT2D eigenvalue weighted by Gasteiger charge is -2.16. The van der Waals surface area contributed by atoms with Crippen LogP contribution in [0.15, 0.2) is 18.2 Å². The van der Waals surface area contributed by atoms with Crippen LogP contribution in [0.25, 0.3) is 11.3 Å². The van der Waals surface area contributed by atoms with E-state index in [-0.39, 0.29) is 0 Å². The fourth-order valence-corrected chi connectivity index (χ4v) is 2.21. The molecule has 0 aliphatic heterocycles. The van der Waals surface area contributed by atoms with Crippen LogP contribution < -0.4 is 15.2 Å². The van der Waals surface area contributed by atoms with Gasteiger partial charge in [0.15, 0.2) is 11.5 Å². The summed E-state index contributed by atoms with van der Waals surface area (Å²) in [6.45, 7) is 4.27. The fourth-order valence-electron chi connectivity index (χ4n) is 2.21. The minimum absolute atomic E-state index is 0.341. The molecule has 0 fully saturated rings. The minimum Gasteiger partial charge on any atom is -0.493 e. The zero-order chi connectivity index (χ0) is 14.9. The van der Waals surface area contributed by atoms with E-state index in [0.717, 1.165) is 22.6 Å². The molecular formula is C15H21N3O2. The van der Waals surface area contributed by atoms with Gasteiger partial charge in [-0.1, -0.05) is 13.8 Å². The number of nitrogen functional groups attached to an aromatic ring is 1. The van der Waals surface area contributed by atoms with Crippen LogP contribution in [0.4, 0.5) is 5.82 Å². The van der Waals surface area contributed by atoms with Crippen molar-refractivity contribution in [2.24, 2.45) is 7.05 Å². The highest BCUT2D eigenvalue weighted by atomic mass is 16.5. The molecule has 1 heterocycles. The van der Waals surface area contributed by atoms with Crippen LogP contribution in [0.3, 0.4) is 0 Å². The van der Waals surface area contributed by atoms with Crippen molar-refractivity contribution >= 4 is 5.82 Å². The maximum atomic E-state index is 5.88. The Hall–Kier alpha value is -2.17. The van der Waals surface area contributed by atoms with Crippen molar-refractivity contribution in [2.45, 2.75) is 19.8 Å². The number of hydrogen-bond acceptors (Lipinski definition) is 4. The molecule has 0 aliphatic carbocycles. The Morgan fingerprint density at radius 2 is 1.70 bits per heavy atom. The summed E-state index contributed by atoms with van der Waals surface area (Å²) in [6, 6.07) is 5.83. The summed E-state index contributed by atoms with van der Waals surface area (Å²) in [5.41, 5.74) is 8.89. The van der Waals surface area contributed by atoms with E-state index in [2.05, 4.69) is 18.9 Å². The predicted octanol–water partition coefficient (Wildman–Crippen LogP) is 2.81. The summed E-state index contributed by atoms with van der Waals surface area (Å²) < 4.78 is 12.4. The van der Waals surface area contributed by atoms with Gasteiger partial charge in [0.25, 0.3) is 0 Å². The summed E-state index contributed by atoms with van der Waals surface area (Å²) >= 11 is 0. The standard InChI is InChI=1S/C15H21N3O2/c1-9(2)10-6-13(19-4)14(20-5)7-11(10)12-8-15(16)18(3)17-12/h6-9H,16H2,1-5H3. The van der Waals surface area contributed by atoms with Gasteiger partial charge in [-0.15, -0.1) is 0 Å². The van der Waals surface area contributed by atoms with E-state index in [4.69, 9.17) is 15.2 Å². The van der Waals surface area contributed by atoms with Gasteiger partial charge in [-0.05, 0) is 23.6 Å². The first kappa shape index (κ1) is 14.2. The molecule has 2 N–H and O–H groups in total. The number of ether oxygens (including phenoxy) is 2. The molecule has 5 nitrogen and oxygen atoms in total. The summed E-state index contributed by atoms with van der Waals surface area (Å²) in [6.07, 6.45) is 0. The third-order valence-electron chi connectivity index (χ3n) is 3.37. The number of aryl methyl sites for hydroxylation is 1. The van der Waals surface area contributed by atoms with Crippen molar-refractivity contribution in [2.75, 3.05) is 20.0 Å². The highest BCUT2D eigenvalue weighted by Crippen LogP contribution is 2.38. The monoisotopic (exact) mass is 275 g/mol. The maximum Gasteiger partial charge on any atom is 0.161 e. The molecule has 5 heteroatoms. The van der Waals surface area contributed by atoms with Crippen LogP contribution in [-0.2, 0) is 7.05 Å². The number of aromatic nitrogens is 2. The lowest BCUT2D eigenvalue weighted by molar-refractivity contribution is 0.354. The van der Waals surface area contributed by atoms with Gasteiger partial charge in [0, 0.05) is 18.7 Å². The van der Waals surface area contributed by atoms with Crippen molar-refractivity contribution in [3.05, 3.63) is 23.8 Å². The molecule has 108 valence electrons. The van der Waals surface area contributed by atoms with Gasteiger partial charge < -0.3 is 15.2 Å². The summed E-state index contributed by atoms with van der Waals surface area (Å²) in [4.78, 5) is 0. The Morgan fingerprint density at radius 3 is 2.15 bits per heavy atom.